The molecule has 17 heavy (non-hydrogen) atoms. The maximum Gasteiger partial charge on any atom is 0.0716 e. The third kappa shape index (κ3) is 4.14. The Balaban J connectivity index is 1.58. The second kappa shape index (κ2) is 6.18. The molecule has 2 nitrogen and oxygen atoms in total. The summed E-state index contributed by atoms with van der Waals surface area (Å²) in [4.78, 5) is 0. The Bertz CT molecular complexity index is 315. The van der Waals surface area contributed by atoms with Gasteiger partial charge in [-0.1, -0.05) is 30.3 Å². The lowest BCUT2D eigenvalue weighted by atomic mass is 9.97. The van der Waals surface area contributed by atoms with Gasteiger partial charge in [-0.15, -0.1) is 0 Å². The lowest BCUT2D eigenvalue weighted by Crippen LogP contribution is -2.23. The van der Waals surface area contributed by atoms with Crippen LogP contribution in [0.1, 0.15) is 38.2 Å². The SMILES string of the molecule is C[C@@]1(CCCOCc2ccccc2)CCCO1. The molecule has 0 radical (unpaired) electrons. The van der Waals surface area contributed by atoms with Crippen LogP contribution in [0.2, 0.25) is 0 Å². The van der Waals surface area contributed by atoms with Gasteiger partial charge in [0.1, 0.15) is 0 Å². The van der Waals surface area contributed by atoms with E-state index in [9.17, 15) is 0 Å². The van der Waals surface area contributed by atoms with Crippen molar-refractivity contribution < 1.29 is 9.47 Å². The van der Waals surface area contributed by atoms with Crippen molar-refractivity contribution in [3.8, 4) is 0 Å². The fraction of sp³-hybridized carbons (Fsp3) is 0.600. The van der Waals surface area contributed by atoms with Crippen LogP contribution in [0.25, 0.3) is 0 Å². The van der Waals surface area contributed by atoms with E-state index in [2.05, 4.69) is 19.1 Å². The predicted octanol–water partition coefficient (Wildman–Crippen LogP) is 3.55. The van der Waals surface area contributed by atoms with Crippen LogP contribution in [-0.2, 0) is 16.1 Å². The third-order valence-electron chi connectivity index (χ3n) is 3.41. The van der Waals surface area contributed by atoms with Gasteiger partial charge in [-0.2, -0.15) is 0 Å². The molecule has 0 aromatic heterocycles. The van der Waals surface area contributed by atoms with Gasteiger partial charge in [-0.25, -0.2) is 0 Å². The molecule has 0 unspecified atom stereocenters. The number of rotatable bonds is 6. The van der Waals surface area contributed by atoms with Gasteiger partial charge >= 0.3 is 0 Å². The van der Waals surface area contributed by atoms with Crippen molar-refractivity contribution in [2.24, 2.45) is 0 Å². The minimum Gasteiger partial charge on any atom is -0.377 e. The van der Waals surface area contributed by atoms with E-state index in [4.69, 9.17) is 9.47 Å². The molecule has 2 heteroatoms. The molecule has 0 amide bonds. The smallest absolute Gasteiger partial charge is 0.0716 e. The molecule has 2 rings (SSSR count). The molecule has 1 aliphatic rings. The first-order valence-electron chi connectivity index (χ1n) is 6.54. The van der Waals surface area contributed by atoms with E-state index < -0.39 is 0 Å². The molecule has 0 saturated carbocycles. The molecule has 1 saturated heterocycles. The maximum atomic E-state index is 5.75. The Morgan fingerprint density at radius 2 is 2.12 bits per heavy atom. The molecule has 1 fully saturated rings. The van der Waals surface area contributed by atoms with Crippen molar-refractivity contribution in [2.45, 2.75) is 44.8 Å². The molecular weight excluding hydrogens is 212 g/mol. The molecule has 0 aliphatic carbocycles. The van der Waals surface area contributed by atoms with Crippen molar-refractivity contribution in [3.05, 3.63) is 35.9 Å². The summed E-state index contributed by atoms with van der Waals surface area (Å²) >= 11 is 0. The summed E-state index contributed by atoms with van der Waals surface area (Å²) in [6.45, 7) is 4.70. The number of benzene rings is 1. The zero-order chi connectivity index (χ0) is 12.0. The van der Waals surface area contributed by atoms with Gasteiger partial charge in [0.15, 0.2) is 0 Å². The highest BCUT2D eigenvalue weighted by atomic mass is 16.5. The van der Waals surface area contributed by atoms with E-state index in [1.807, 2.05) is 18.2 Å². The van der Waals surface area contributed by atoms with Gasteiger partial charge < -0.3 is 9.47 Å². The number of hydrogen-bond donors (Lipinski definition) is 0. The maximum absolute atomic E-state index is 5.75. The van der Waals surface area contributed by atoms with E-state index >= 15 is 0 Å². The normalized spacial score (nSPS) is 24.1. The molecule has 0 N–H and O–H groups in total. The zero-order valence-corrected chi connectivity index (χ0v) is 10.7. The Morgan fingerprint density at radius 3 is 2.82 bits per heavy atom. The molecule has 1 aromatic rings. The number of ether oxygens (including phenoxy) is 2. The Hall–Kier alpha value is -0.860. The van der Waals surface area contributed by atoms with Gasteiger partial charge in [0.05, 0.1) is 12.2 Å². The van der Waals surface area contributed by atoms with Gasteiger partial charge in [-0.05, 0) is 38.2 Å². The highest BCUT2D eigenvalue weighted by molar-refractivity contribution is 5.13. The average Bonchev–Trinajstić information content (AvgIpc) is 2.77. The molecule has 1 heterocycles. The van der Waals surface area contributed by atoms with Crippen LogP contribution in [0, 0.1) is 0 Å². The lowest BCUT2D eigenvalue weighted by Gasteiger charge is -2.22. The Kier molecular flexibility index (Phi) is 4.57. The van der Waals surface area contributed by atoms with Crippen molar-refractivity contribution in [1.82, 2.24) is 0 Å². The van der Waals surface area contributed by atoms with Crippen LogP contribution in [0.15, 0.2) is 30.3 Å². The van der Waals surface area contributed by atoms with Gasteiger partial charge in [-0.3, -0.25) is 0 Å². The standard InChI is InChI=1S/C15H22O2/c1-15(10-6-12-17-15)9-5-11-16-13-14-7-3-2-4-8-14/h2-4,7-8H,5-6,9-13H2,1H3/t15-/m1/s1. The van der Waals surface area contributed by atoms with Crippen LogP contribution < -0.4 is 0 Å². The van der Waals surface area contributed by atoms with E-state index in [0.29, 0.717) is 0 Å². The monoisotopic (exact) mass is 234 g/mol. The second-order valence-electron chi connectivity index (χ2n) is 5.04. The van der Waals surface area contributed by atoms with E-state index in [1.54, 1.807) is 0 Å². The molecule has 0 bridgehead atoms. The topological polar surface area (TPSA) is 18.5 Å². The molecule has 1 aromatic carbocycles. The lowest BCUT2D eigenvalue weighted by molar-refractivity contribution is 0.00344. The highest BCUT2D eigenvalue weighted by Gasteiger charge is 2.28. The summed E-state index contributed by atoms with van der Waals surface area (Å²) < 4.78 is 11.4. The fourth-order valence-corrected chi connectivity index (χ4v) is 2.35. The quantitative estimate of drug-likeness (QED) is 0.701. The Morgan fingerprint density at radius 1 is 1.29 bits per heavy atom. The minimum absolute atomic E-state index is 0.121. The first-order valence-corrected chi connectivity index (χ1v) is 6.54. The van der Waals surface area contributed by atoms with Crippen molar-refractivity contribution in [3.63, 3.8) is 0 Å². The third-order valence-corrected chi connectivity index (χ3v) is 3.41. The molecule has 94 valence electrons. The van der Waals surface area contributed by atoms with Crippen molar-refractivity contribution in [1.29, 1.82) is 0 Å². The summed E-state index contributed by atoms with van der Waals surface area (Å²) in [6, 6.07) is 10.3. The average molecular weight is 234 g/mol. The summed E-state index contributed by atoms with van der Waals surface area (Å²) in [5, 5.41) is 0. The number of hydrogen-bond acceptors (Lipinski definition) is 2. The second-order valence-corrected chi connectivity index (χ2v) is 5.04. The zero-order valence-electron chi connectivity index (χ0n) is 10.7. The molecule has 1 atom stereocenters. The van der Waals surface area contributed by atoms with Crippen LogP contribution in [0.4, 0.5) is 0 Å². The fourth-order valence-electron chi connectivity index (χ4n) is 2.35. The summed E-state index contributed by atoms with van der Waals surface area (Å²) in [5.74, 6) is 0. The molecule has 0 spiro atoms. The molecule has 1 aliphatic heterocycles. The minimum atomic E-state index is 0.121. The van der Waals surface area contributed by atoms with Gasteiger partial charge in [0.2, 0.25) is 0 Å². The Labute approximate surface area is 104 Å². The highest BCUT2D eigenvalue weighted by Crippen LogP contribution is 2.29. The summed E-state index contributed by atoms with van der Waals surface area (Å²) in [6.07, 6.45) is 4.61. The van der Waals surface area contributed by atoms with E-state index in [-0.39, 0.29) is 5.60 Å². The van der Waals surface area contributed by atoms with Gasteiger partial charge in [0.25, 0.3) is 0 Å². The van der Waals surface area contributed by atoms with Gasteiger partial charge in [0, 0.05) is 13.2 Å². The van der Waals surface area contributed by atoms with E-state index in [0.717, 1.165) is 32.7 Å². The summed E-state index contributed by atoms with van der Waals surface area (Å²) in [7, 11) is 0. The van der Waals surface area contributed by atoms with Crippen molar-refractivity contribution in [2.75, 3.05) is 13.2 Å². The van der Waals surface area contributed by atoms with Crippen LogP contribution in [0.5, 0.6) is 0 Å². The van der Waals surface area contributed by atoms with Crippen LogP contribution in [0.3, 0.4) is 0 Å². The first-order chi connectivity index (χ1) is 8.29. The van der Waals surface area contributed by atoms with E-state index in [1.165, 1.54) is 18.4 Å². The molecular formula is C15H22O2. The summed E-state index contributed by atoms with van der Waals surface area (Å²) in [5.41, 5.74) is 1.37. The van der Waals surface area contributed by atoms with Crippen LogP contribution in [-0.4, -0.2) is 18.8 Å². The predicted molar refractivity (Wildman–Crippen MR) is 68.9 cm³/mol. The largest absolute Gasteiger partial charge is 0.377 e. The first kappa shape index (κ1) is 12.6. The van der Waals surface area contributed by atoms with Crippen molar-refractivity contribution >= 4 is 0 Å². The van der Waals surface area contributed by atoms with Crippen LogP contribution >= 0.6 is 0 Å².